The lowest BCUT2D eigenvalue weighted by molar-refractivity contribution is -0.384. The highest BCUT2D eigenvalue weighted by molar-refractivity contribution is 7.99. The van der Waals surface area contributed by atoms with Gasteiger partial charge in [-0.05, 0) is 24.3 Å². The quantitative estimate of drug-likeness (QED) is 0.273. The van der Waals surface area contributed by atoms with Gasteiger partial charge in [-0.15, -0.1) is 10.2 Å². The first-order valence-electron chi connectivity index (χ1n) is 8.66. The van der Waals surface area contributed by atoms with Crippen molar-refractivity contribution in [3.63, 3.8) is 0 Å². The van der Waals surface area contributed by atoms with Gasteiger partial charge >= 0.3 is 0 Å². The molecule has 1 amide bonds. The summed E-state index contributed by atoms with van der Waals surface area (Å²) in [6, 6.07) is 16.6. The van der Waals surface area contributed by atoms with Crippen molar-refractivity contribution in [3.05, 3.63) is 75.8 Å². The number of carbonyl (C=O) groups excluding carboxylic acids is 1. The Bertz CT molecular complexity index is 1260. The third-order valence-corrected chi connectivity index (χ3v) is 5.32. The SMILES string of the molecule is O=C(CSc1nnc2ccc(-c3cccc([N+](=O)[O-])c3)nn12)Nc1ccccc1Cl. The molecule has 2 heterocycles. The molecule has 4 rings (SSSR count). The van der Waals surface area contributed by atoms with E-state index in [2.05, 4.69) is 20.6 Å². The van der Waals surface area contributed by atoms with Gasteiger partial charge < -0.3 is 5.32 Å². The normalized spacial score (nSPS) is 10.8. The first-order chi connectivity index (χ1) is 14.5. The van der Waals surface area contributed by atoms with E-state index in [0.717, 1.165) is 0 Å². The topological polar surface area (TPSA) is 115 Å². The molecule has 0 spiro atoms. The van der Waals surface area contributed by atoms with E-state index in [1.807, 2.05) is 0 Å². The average molecular weight is 441 g/mol. The third-order valence-electron chi connectivity index (χ3n) is 4.07. The van der Waals surface area contributed by atoms with Gasteiger partial charge in [0.2, 0.25) is 11.1 Å². The first kappa shape index (κ1) is 19.8. The first-order valence-corrected chi connectivity index (χ1v) is 10.0. The Balaban J connectivity index is 1.53. The minimum absolute atomic E-state index is 0.0241. The molecule has 0 bridgehead atoms. The van der Waals surface area contributed by atoms with Crippen LogP contribution in [-0.4, -0.2) is 36.4 Å². The van der Waals surface area contributed by atoms with Crippen molar-refractivity contribution in [1.29, 1.82) is 0 Å². The molecule has 0 unspecified atom stereocenters. The van der Waals surface area contributed by atoms with Gasteiger partial charge in [0.15, 0.2) is 5.65 Å². The zero-order valence-electron chi connectivity index (χ0n) is 15.2. The van der Waals surface area contributed by atoms with Crippen LogP contribution in [0.4, 0.5) is 11.4 Å². The molecule has 0 saturated heterocycles. The second-order valence-corrected chi connectivity index (χ2v) is 7.44. The fourth-order valence-corrected chi connectivity index (χ4v) is 3.54. The zero-order valence-corrected chi connectivity index (χ0v) is 16.8. The van der Waals surface area contributed by atoms with E-state index < -0.39 is 4.92 Å². The molecule has 150 valence electrons. The number of hydrogen-bond donors (Lipinski definition) is 1. The number of fused-ring (bicyclic) bond motifs is 1. The Morgan fingerprint density at radius 3 is 2.77 bits per heavy atom. The minimum Gasteiger partial charge on any atom is -0.324 e. The van der Waals surface area contributed by atoms with Crippen molar-refractivity contribution >= 4 is 46.3 Å². The van der Waals surface area contributed by atoms with Crippen molar-refractivity contribution in [2.75, 3.05) is 11.1 Å². The molecule has 0 aliphatic rings. The third kappa shape index (κ3) is 4.24. The van der Waals surface area contributed by atoms with Gasteiger partial charge in [-0.1, -0.05) is 47.6 Å². The van der Waals surface area contributed by atoms with E-state index in [-0.39, 0.29) is 17.3 Å². The van der Waals surface area contributed by atoms with Crippen molar-refractivity contribution in [3.8, 4) is 11.3 Å². The van der Waals surface area contributed by atoms with E-state index in [9.17, 15) is 14.9 Å². The van der Waals surface area contributed by atoms with Gasteiger partial charge in [-0.3, -0.25) is 14.9 Å². The Kier molecular flexibility index (Phi) is 5.59. The van der Waals surface area contributed by atoms with E-state index in [4.69, 9.17) is 11.6 Å². The molecule has 2 aromatic heterocycles. The summed E-state index contributed by atoms with van der Waals surface area (Å²) in [5, 5.41) is 27.2. The number of nitro benzene ring substituents is 1. The van der Waals surface area contributed by atoms with Crippen LogP contribution in [0, 0.1) is 10.1 Å². The summed E-state index contributed by atoms with van der Waals surface area (Å²) in [7, 11) is 0. The van der Waals surface area contributed by atoms with E-state index in [1.54, 1.807) is 48.5 Å². The summed E-state index contributed by atoms with van der Waals surface area (Å²) in [6.07, 6.45) is 0. The standard InChI is InChI=1S/C19H13ClN6O3S/c20-14-6-1-2-7-16(14)21-18(27)11-30-19-23-22-17-9-8-15(24-25(17)19)12-4-3-5-13(10-12)26(28)29/h1-10H,11H2,(H,21,27). The number of para-hydroxylation sites is 1. The van der Waals surface area contributed by atoms with Gasteiger partial charge in [0.05, 0.1) is 27.1 Å². The van der Waals surface area contributed by atoms with Crippen molar-refractivity contribution < 1.29 is 9.72 Å². The molecule has 0 fully saturated rings. The van der Waals surface area contributed by atoms with Crippen molar-refractivity contribution in [2.45, 2.75) is 5.16 Å². The van der Waals surface area contributed by atoms with Gasteiger partial charge in [0, 0.05) is 17.7 Å². The number of rotatable bonds is 6. The molecular weight excluding hydrogens is 428 g/mol. The van der Waals surface area contributed by atoms with Crippen LogP contribution in [0.25, 0.3) is 16.9 Å². The second-order valence-electron chi connectivity index (χ2n) is 6.10. The maximum Gasteiger partial charge on any atom is 0.270 e. The second kappa shape index (κ2) is 8.47. The monoisotopic (exact) mass is 440 g/mol. The molecule has 0 radical (unpaired) electrons. The number of nitrogens with one attached hydrogen (secondary N) is 1. The van der Waals surface area contributed by atoms with Crippen LogP contribution in [0.5, 0.6) is 0 Å². The molecule has 9 nitrogen and oxygen atoms in total. The molecule has 4 aromatic rings. The zero-order chi connectivity index (χ0) is 21.1. The lowest BCUT2D eigenvalue weighted by Gasteiger charge is -2.06. The van der Waals surface area contributed by atoms with Gasteiger partial charge in [0.25, 0.3) is 5.69 Å². The van der Waals surface area contributed by atoms with Crippen LogP contribution in [0.1, 0.15) is 0 Å². The molecular formula is C19H13ClN6O3S. The predicted octanol–water partition coefficient (Wildman–Crippen LogP) is 4.08. The summed E-state index contributed by atoms with van der Waals surface area (Å²) in [6.45, 7) is 0. The minimum atomic E-state index is -0.459. The molecule has 0 aliphatic carbocycles. The number of nitrogens with zero attached hydrogens (tertiary/aromatic N) is 5. The summed E-state index contributed by atoms with van der Waals surface area (Å²) in [4.78, 5) is 22.8. The number of hydrogen-bond acceptors (Lipinski definition) is 7. The number of amides is 1. The van der Waals surface area contributed by atoms with Crippen LogP contribution in [0.15, 0.2) is 65.8 Å². The lowest BCUT2D eigenvalue weighted by atomic mass is 10.1. The highest BCUT2D eigenvalue weighted by Gasteiger charge is 2.14. The molecule has 11 heteroatoms. The lowest BCUT2D eigenvalue weighted by Crippen LogP contribution is -2.14. The summed E-state index contributed by atoms with van der Waals surface area (Å²) in [5.74, 6) is -0.172. The fourth-order valence-electron chi connectivity index (χ4n) is 2.67. The Labute approximate surface area is 179 Å². The van der Waals surface area contributed by atoms with Crippen LogP contribution in [-0.2, 0) is 4.79 Å². The maximum absolute atomic E-state index is 12.3. The average Bonchev–Trinajstić information content (AvgIpc) is 3.16. The number of nitro groups is 1. The van der Waals surface area contributed by atoms with Gasteiger partial charge in [0.1, 0.15) is 0 Å². The number of anilines is 1. The Hall–Kier alpha value is -3.50. The summed E-state index contributed by atoms with van der Waals surface area (Å²) < 4.78 is 1.50. The number of benzene rings is 2. The highest BCUT2D eigenvalue weighted by atomic mass is 35.5. The number of aromatic nitrogens is 4. The number of non-ortho nitro benzene ring substituents is 1. The van der Waals surface area contributed by atoms with Gasteiger partial charge in [-0.25, -0.2) is 0 Å². The predicted molar refractivity (Wildman–Crippen MR) is 114 cm³/mol. The van der Waals surface area contributed by atoms with E-state index >= 15 is 0 Å². The van der Waals surface area contributed by atoms with Crippen LogP contribution in [0.2, 0.25) is 5.02 Å². The molecule has 1 N–H and O–H groups in total. The molecule has 0 aliphatic heterocycles. The van der Waals surface area contributed by atoms with Gasteiger partial charge in [-0.2, -0.15) is 9.61 Å². The van der Waals surface area contributed by atoms with Crippen LogP contribution < -0.4 is 5.32 Å². The number of carbonyl (C=O) groups is 1. The molecule has 0 atom stereocenters. The maximum atomic E-state index is 12.3. The smallest absolute Gasteiger partial charge is 0.270 e. The van der Waals surface area contributed by atoms with Crippen LogP contribution in [0.3, 0.4) is 0 Å². The largest absolute Gasteiger partial charge is 0.324 e. The molecule has 30 heavy (non-hydrogen) atoms. The van der Waals surface area contributed by atoms with Crippen molar-refractivity contribution in [1.82, 2.24) is 19.8 Å². The number of halogens is 1. The van der Waals surface area contributed by atoms with E-state index in [1.165, 1.54) is 28.4 Å². The fraction of sp³-hybridized carbons (Fsp3) is 0.0526. The number of thioether (sulfide) groups is 1. The summed E-state index contributed by atoms with van der Waals surface area (Å²) in [5.41, 5.74) is 2.12. The van der Waals surface area contributed by atoms with Crippen LogP contribution >= 0.6 is 23.4 Å². The van der Waals surface area contributed by atoms with E-state index in [0.29, 0.717) is 32.8 Å². The Morgan fingerprint density at radius 2 is 1.97 bits per heavy atom. The highest BCUT2D eigenvalue weighted by Crippen LogP contribution is 2.24. The Morgan fingerprint density at radius 1 is 1.13 bits per heavy atom. The summed E-state index contributed by atoms with van der Waals surface area (Å²) >= 11 is 7.22. The molecule has 2 aromatic carbocycles. The molecule has 0 saturated carbocycles. The van der Waals surface area contributed by atoms with Crippen molar-refractivity contribution in [2.24, 2.45) is 0 Å².